The SMILES string of the molecule is C=C(NNc1nc(-c2ccc(Br)cc2)cs1)c1nonc1C. The van der Waals surface area contributed by atoms with Crippen LogP contribution < -0.4 is 10.9 Å². The molecule has 3 aromatic rings. The minimum atomic E-state index is 0.569. The van der Waals surface area contributed by atoms with Crippen LogP contribution in [0.1, 0.15) is 11.4 Å². The lowest BCUT2D eigenvalue weighted by Crippen LogP contribution is -2.19. The van der Waals surface area contributed by atoms with E-state index in [1.165, 1.54) is 11.3 Å². The molecule has 6 nitrogen and oxygen atoms in total. The van der Waals surface area contributed by atoms with Gasteiger partial charge in [0.25, 0.3) is 0 Å². The Morgan fingerprint density at radius 1 is 1.27 bits per heavy atom. The number of anilines is 1. The maximum Gasteiger partial charge on any atom is 0.202 e. The molecule has 2 N–H and O–H groups in total. The van der Waals surface area contributed by atoms with Crippen LogP contribution in [0.2, 0.25) is 0 Å². The Morgan fingerprint density at radius 3 is 2.73 bits per heavy atom. The predicted molar refractivity (Wildman–Crippen MR) is 90.1 cm³/mol. The molecule has 1 aromatic carbocycles. The monoisotopic (exact) mass is 377 g/mol. The van der Waals surface area contributed by atoms with Crippen molar-refractivity contribution in [3.05, 3.63) is 52.1 Å². The number of aryl methyl sites for hydroxylation is 1. The molecule has 112 valence electrons. The van der Waals surface area contributed by atoms with Gasteiger partial charge in [-0.05, 0) is 24.2 Å². The molecular weight excluding hydrogens is 366 g/mol. The highest BCUT2D eigenvalue weighted by atomic mass is 79.9. The maximum atomic E-state index is 4.64. The fourth-order valence-corrected chi connectivity index (χ4v) is 2.72. The summed E-state index contributed by atoms with van der Waals surface area (Å²) in [7, 11) is 0. The van der Waals surface area contributed by atoms with E-state index in [-0.39, 0.29) is 0 Å². The highest BCUT2D eigenvalue weighted by Crippen LogP contribution is 2.26. The number of rotatable bonds is 5. The van der Waals surface area contributed by atoms with Crippen LogP contribution >= 0.6 is 27.3 Å². The lowest BCUT2D eigenvalue weighted by molar-refractivity contribution is 0.303. The second kappa shape index (κ2) is 6.29. The van der Waals surface area contributed by atoms with Gasteiger partial charge < -0.3 is 0 Å². The van der Waals surface area contributed by atoms with Gasteiger partial charge in [0, 0.05) is 15.4 Å². The number of thiazole rings is 1. The van der Waals surface area contributed by atoms with Gasteiger partial charge in [-0.15, -0.1) is 11.3 Å². The van der Waals surface area contributed by atoms with E-state index in [9.17, 15) is 0 Å². The summed E-state index contributed by atoms with van der Waals surface area (Å²) in [6, 6.07) is 8.00. The molecule has 0 radical (unpaired) electrons. The van der Waals surface area contributed by atoms with Gasteiger partial charge in [0.05, 0.1) is 11.4 Å². The normalized spacial score (nSPS) is 10.5. The number of halogens is 1. The van der Waals surface area contributed by atoms with Crippen molar-refractivity contribution in [3.8, 4) is 11.3 Å². The Labute approximate surface area is 139 Å². The molecule has 0 unspecified atom stereocenters. The number of benzene rings is 1. The Hall–Kier alpha value is -2.19. The first-order valence-corrected chi connectivity index (χ1v) is 8.02. The highest BCUT2D eigenvalue weighted by Gasteiger charge is 2.10. The van der Waals surface area contributed by atoms with Gasteiger partial charge in [-0.3, -0.25) is 10.9 Å². The van der Waals surface area contributed by atoms with Gasteiger partial charge in [-0.1, -0.05) is 39.8 Å². The second-order valence-corrected chi connectivity index (χ2v) is 6.25. The van der Waals surface area contributed by atoms with Gasteiger partial charge in [-0.25, -0.2) is 9.61 Å². The Kier molecular flexibility index (Phi) is 4.21. The van der Waals surface area contributed by atoms with Crippen molar-refractivity contribution < 1.29 is 4.63 Å². The zero-order valence-corrected chi connectivity index (χ0v) is 14.0. The van der Waals surface area contributed by atoms with Crippen LogP contribution in [0.25, 0.3) is 17.0 Å². The van der Waals surface area contributed by atoms with Crippen molar-refractivity contribution in [2.45, 2.75) is 6.92 Å². The van der Waals surface area contributed by atoms with Crippen molar-refractivity contribution >= 4 is 38.1 Å². The predicted octanol–water partition coefficient (Wildman–Crippen LogP) is 3.85. The second-order valence-electron chi connectivity index (χ2n) is 4.47. The topological polar surface area (TPSA) is 75.9 Å². The van der Waals surface area contributed by atoms with Crippen LogP contribution in [-0.4, -0.2) is 15.3 Å². The standard InChI is InChI=1S/C14H12BrN5OS/c1-8(13-9(2)19-21-20-13)17-18-14-16-12(7-22-14)10-3-5-11(15)6-4-10/h3-7,17H,1H2,2H3,(H,16,18). The average Bonchev–Trinajstić information content (AvgIpc) is 3.14. The molecule has 0 fully saturated rings. The third kappa shape index (κ3) is 3.18. The lowest BCUT2D eigenvalue weighted by Gasteiger charge is -2.07. The Balaban J connectivity index is 1.66. The summed E-state index contributed by atoms with van der Waals surface area (Å²) in [5.74, 6) is 0. The van der Waals surface area contributed by atoms with Gasteiger partial charge in [0.1, 0.15) is 5.69 Å². The number of nitrogens with one attached hydrogen (secondary N) is 2. The highest BCUT2D eigenvalue weighted by molar-refractivity contribution is 9.10. The van der Waals surface area contributed by atoms with Crippen LogP contribution in [0.5, 0.6) is 0 Å². The van der Waals surface area contributed by atoms with E-state index < -0.39 is 0 Å². The molecule has 0 atom stereocenters. The zero-order chi connectivity index (χ0) is 15.5. The van der Waals surface area contributed by atoms with Crippen LogP contribution in [0.4, 0.5) is 5.13 Å². The molecule has 0 aliphatic carbocycles. The van der Waals surface area contributed by atoms with E-state index in [4.69, 9.17) is 0 Å². The fraction of sp³-hybridized carbons (Fsp3) is 0.0714. The number of nitrogens with zero attached hydrogens (tertiary/aromatic N) is 3. The third-order valence-corrected chi connectivity index (χ3v) is 4.19. The molecule has 0 amide bonds. The molecule has 0 bridgehead atoms. The summed E-state index contributed by atoms with van der Waals surface area (Å²) in [6.45, 7) is 5.68. The van der Waals surface area contributed by atoms with Gasteiger partial charge in [0.2, 0.25) is 5.13 Å². The van der Waals surface area contributed by atoms with E-state index in [2.05, 4.69) is 53.3 Å². The van der Waals surface area contributed by atoms with E-state index >= 15 is 0 Å². The first kappa shape index (κ1) is 14.7. The average molecular weight is 378 g/mol. The first-order valence-electron chi connectivity index (χ1n) is 6.35. The van der Waals surface area contributed by atoms with Crippen LogP contribution in [0.15, 0.2) is 45.3 Å². The van der Waals surface area contributed by atoms with Crippen molar-refractivity contribution in [1.29, 1.82) is 0 Å². The van der Waals surface area contributed by atoms with E-state index in [1.54, 1.807) is 6.92 Å². The molecule has 0 saturated heterocycles. The largest absolute Gasteiger partial charge is 0.297 e. The Morgan fingerprint density at radius 2 is 2.05 bits per heavy atom. The van der Waals surface area contributed by atoms with E-state index in [0.717, 1.165) is 20.9 Å². The fourth-order valence-electron chi connectivity index (χ4n) is 1.78. The number of hydrogen-bond acceptors (Lipinski definition) is 7. The van der Waals surface area contributed by atoms with Gasteiger partial charge in [0.15, 0.2) is 5.69 Å². The first-order chi connectivity index (χ1) is 10.6. The molecule has 0 aliphatic heterocycles. The van der Waals surface area contributed by atoms with Crippen molar-refractivity contribution in [3.63, 3.8) is 0 Å². The number of hydrogen-bond donors (Lipinski definition) is 2. The molecule has 0 aliphatic rings. The van der Waals surface area contributed by atoms with E-state index in [0.29, 0.717) is 17.1 Å². The van der Waals surface area contributed by atoms with Crippen LogP contribution in [0.3, 0.4) is 0 Å². The molecule has 2 heterocycles. The quantitative estimate of drug-likeness (QED) is 0.657. The molecule has 22 heavy (non-hydrogen) atoms. The minimum Gasteiger partial charge on any atom is -0.297 e. The van der Waals surface area contributed by atoms with E-state index in [1.807, 2.05) is 29.6 Å². The van der Waals surface area contributed by atoms with Crippen LogP contribution in [0, 0.1) is 6.92 Å². The summed E-state index contributed by atoms with van der Waals surface area (Å²) in [4.78, 5) is 4.51. The van der Waals surface area contributed by atoms with Gasteiger partial charge in [-0.2, -0.15) is 0 Å². The maximum absolute atomic E-state index is 4.64. The molecular formula is C14H12BrN5OS. The molecule has 0 saturated carbocycles. The summed E-state index contributed by atoms with van der Waals surface area (Å²) in [5, 5.41) is 10.2. The van der Waals surface area contributed by atoms with Crippen molar-refractivity contribution in [2.24, 2.45) is 0 Å². The minimum absolute atomic E-state index is 0.569. The number of hydrazine groups is 1. The summed E-state index contributed by atoms with van der Waals surface area (Å²) < 4.78 is 5.69. The summed E-state index contributed by atoms with van der Waals surface area (Å²) >= 11 is 4.92. The Bertz CT molecular complexity index is 796. The molecule has 2 aromatic heterocycles. The molecule has 0 spiro atoms. The summed E-state index contributed by atoms with van der Waals surface area (Å²) in [6.07, 6.45) is 0. The molecule has 3 rings (SSSR count). The van der Waals surface area contributed by atoms with Crippen molar-refractivity contribution in [2.75, 3.05) is 5.43 Å². The zero-order valence-electron chi connectivity index (χ0n) is 11.6. The van der Waals surface area contributed by atoms with Crippen LogP contribution in [-0.2, 0) is 0 Å². The van der Waals surface area contributed by atoms with Crippen molar-refractivity contribution in [1.82, 2.24) is 20.7 Å². The number of aromatic nitrogens is 3. The summed E-state index contributed by atoms with van der Waals surface area (Å²) in [5.41, 5.74) is 9.74. The smallest absolute Gasteiger partial charge is 0.202 e. The lowest BCUT2D eigenvalue weighted by atomic mass is 10.2. The molecule has 8 heteroatoms. The third-order valence-electron chi connectivity index (χ3n) is 2.90. The van der Waals surface area contributed by atoms with Gasteiger partial charge >= 0.3 is 0 Å².